The molecule has 1 aromatic heterocycles. The van der Waals surface area contributed by atoms with Crippen LogP contribution in [0.15, 0.2) is 48.8 Å². The van der Waals surface area contributed by atoms with Crippen molar-refractivity contribution in [1.29, 1.82) is 0 Å². The molecule has 0 radical (unpaired) electrons. The first kappa shape index (κ1) is 16.0. The van der Waals surface area contributed by atoms with Crippen LogP contribution in [0.1, 0.15) is 24.5 Å². The number of nitrogens with one attached hydrogen (secondary N) is 1. The average Bonchev–Trinajstić information content (AvgIpc) is 2.58. The van der Waals surface area contributed by atoms with Crippen molar-refractivity contribution in [1.82, 2.24) is 15.2 Å². The SMILES string of the molecule is CC1(C(=O)NCc2cccnc2)CCN1Cc1ccccc1Cl. The van der Waals surface area contributed by atoms with Crippen LogP contribution in [0.3, 0.4) is 0 Å². The van der Waals surface area contributed by atoms with Crippen molar-refractivity contribution in [3.05, 3.63) is 64.9 Å². The molecule has 1 fully saturated rings. The number of aromatic nitrogens is 1. The predicted octanol–water partition coefficient (Wildman–Crippen LogP) is 3.02. The van der Waals surface area contributed by atoms with Crippen LogP contribution >= 0.6 is 11.6 Å². The zero-order valence-corrected chi connectivity index (χ0v) is 13.9. The van der Waals surface area contributed by atoms with Crippen LogP contribution in [0, 0.1) is 0 Å². The highest BCUT2D eigenvalue weighted by atomic mass is 35.5. The van der Waals surface area contributed by atoms with E-state index < -0.39 is 5.54 Å². The first-order valence-electron chi connectivity index (χ1n) is 7.75. The zero-order valence-electron chi connectivity index (χ0n) is 13.1. The van der Waals surface area contributed by atoms with Gasteiger partial charge in [0.05, 0.1) is 5.54 Å². The molecule has 0 aliphatic carbocycles. The number of hydrogen-bond donors (Lipinski definition) is 1. The number of carbonyl (C=O) groups is 1. The molecule has 0 saturated carbocycles. The molecule has 3 rings (SSSR count). The van der Waals surface area contributed by atoms with Gasteiger partial charge in [0, 0.05) is 37.1 Å². The first-order chi connectivity index (χ1) is 11.1. The Hall–Kier alpha value is -1.91. The fourth-order valence-corrected chi connectivity index (χ4v) is 3.02. The number of hydrogen-bond acceptors (Lipinski definition) is 3. The van der Waals surface area contributed by atoms with E-state index in [4.69, 9.17) is 11.6 Å². The molecular weight excluding hydrogens is 310 g/mol. The molecule has 1 amide bonds. The maximum atomic E-state index is 12.6. The lowest BCUT2D eigenvalue weighted by Crippen LogP contribution is -2.65. The molecule has 23 heavy (non-hydrogen) atoms. The number of amides is 1. The molecule has 0 bridgehead atoms. The lowest BCUT2D eigenvalue weighted by atomic mass is 9.85. The molecule has 1 aliphatic rings. The predicted molar refractivity (Wildman–Crippen MR) is 91.0 cm³/mol. The second-order valence-corrected chi connectivity index (χ2v) is 6.49. The molecule has 1 unspecified atom stereocenters. The Kier molecular flexibility index (Phi) is 4.64. The molecule has 1 aliphatic heterocycles. The summed E-state index contributed by atoms with van der Waals surface area (Å²) in [7, 11) is 0. The minimum atomic E-state index is -0.471. The zero-order chi connectivity index (χ0) is 16.3. The van der Waals surface area contributed by atoms with Gasteiger partial charge in [-0.3, -0.25) is 14.7 Å². The Labute approximate surface area is 141 Å². The van der Waals surface area contributed by atoms with E-state index in [1.807, 2.05) is 43.3 Å². The highest BCUT2D eigenvalue weighted by Gasteiger charge is 2.46. The van der Waals surface area contributed by atoms with Crippen LogP contribution in [0.25, 0.3) is 0 Å². The number of benzene rings is 1. The Morgan fingerprint density at radius 2 is 2.17 bits per heavy atom. The van der Waals surface area contributed by atoms with Gasteiger partial charge in [0.2, 0.25) is 5.91 Å². The van der Waals surface area contributed by atoms with Crippen LogP contribution in [0.5, 0.6) is 0 Å². The highest BCUT2D eigenvalue weighted by molar-refractivity contribution is 6.31. The molecule has 2 aromatic rings. The maximum Gasteiger partial charge on any atom is 0.240 e. The molecule has 1 N–H and O–H groups in total. The van der Waals surface area contributed by atoms with E-state index in [-0.39, 0.29) is 5.91 Å². The van der Waals surface area contributed by atoms with Crippen molar-refractivity contribution >= 4 is 17.5 Å². The lowest BCUT2D eigenvalue weighted by Gasteiger charge is -2.49. The first-order valence-corrected chi connectivity index (χ1v) is 8.13. The number of nitrogens with zero attached hydrogens (tertiary/aromatic N) is 2. The summed E-state index contributed by atoms with van der Waals surface area (Å²) in [4.78, 5) is 18.8. The highest BCUT2D eigenvalue weighted by Crippen LogP contribution is 2.33. The molecule has 1 saturated heterocycles. The van der Waals surface area contributed by atoms with E-state index in [0.717, 1.165) is 29.1 Å². The number of halogens is 1. The van der Waals surface area contributed by atoms with Gasteiger partial charge < -0.3 is 5.32 Å². The Morgan fingerprint density at radius 1 is 1.35 bits per heavy atom. The van der Waals surface area contributed by atoms with Gasteiger partial charge in [0.25, 0.3) is 0 Å². The van der Waals surface area contributed by atoms with E-state index >= 15 is 0 Å². The third kappa shape index (κ3) is 3.38. The lowest BCUT2D eigenvalue weighted by molar-refractivity contribution is -0.142. The van der Waals surface area contributed by atoms with Gasteiger partial charge in [0.1, 0.15) is 0 Å². The summed E-state index contributed by atoms with van der Waals surface area (Å²) in [5.74, 6) is 0.0552. The van der Waals surface area contributed by atoms with Crippen molar-refractivity contribution in [3.63, 3.8) is 0 Å². The maximum absolute atomic E-state index is 12.6. The van der Waals surface area contributed by atoms with Gasteiger partial charge in [-0.15, -0.1) is 0 Å². The van der Waals surface area contributed by atoms with E-state index in [2.05, 4.69) is 15.2 Å². The van der Waals surface area contributed by atoms with Crippen molar-refractivity contribution in [3.8, 4) is 0 Å². The monoisotopic (exact) mass is 329 g/mol. The number of rotatable bonds is 5. The quantitative estimate of drug-likeness (QED) is 0.917. The van der Waals surface area contributed by atoms with Gasteiger partial charge in [-0.25, -0.2) is 0 Å². The summed E-state index contributed by atoms with van der Waals surface area (Å²) in [6.07, 6.45) is 4.35. The van der Waals surface area contributed by atoms with E-state index in [9.17, 15) is 4.79 Å². The molecule has 120 valence electrons. The summed E-state index contributed by atoms with van der Waals surface area (Å²) in [5, 5.41) is 3.77. The fraction of sp³-hybridized carbons (Fsp3) is 0.333. The summed E-state index contributed by atoms with van der Waals surface area (Å²) in [6.45, 7) is 4.09. The Bertz CT molecular complexity index is 692. The molecule has 0 spiro atoms. The molecular formula is C18H20ClN3O. The van der Waals surface area contributed by atoms with E-state index in [1.165, 1.54) is 0 Å². The number of pyridine rings is 1. The average molecular weight is 330 g/mol. The summed E-state index contributed by atoms with van der Waals surface area (Å²) < 4.78 is 0. The standard InChI is InChI=1S/C18H20ClN3O/c1-18(17(23)21-12-14-5-4-9-20-11-14)8-10-22(18)13-15-6-2-3-7-16(15)19/h2-7,9,11H,8,10,12-13H2,1H3,(H,21,23). The molecule has 1 atom stereocenters. The topological polar surface area (TPSA) is 45.2 Å². The minimum absolute atomic E-state index is 0.0552. The minimum Gasteiger partial charge on any atom is -0.350 e. The summed E-state index contributed by atoms with van der Waals surface area (Å²) in [5.41, 5.74) is 1.59. The van der Waals surface area contributed by atoms with Gasteiger partial charge in [-0.05, 0) is 36.6 Å². The van der Waals surface area contributed by atoms with E-state index in [0.29, 0.717) is 13.1 Å². The normalized spacial score (nSPS) is 20.8. The smallest absolute Gasteiger partial charge is 0.240 e. The van der Waals surface area contributed by atoms with Crippen LogP contribution in [-0.4, -0.2) is 27.9 Å². The van der Waals surface area contributed by atoms with Crippen LogP contribution in [0.2, 0.25) is 5.02 Å². The largest absolute Gasteiger partial charge is 0.350 e. The molecule has 4 nitrogen and oxygen atoms in total. The van der Waals surface area contributed by atoms with Crippen molar-refractivity contribution in [2.75, 3.05) is 6.54 Å². The van der Waals surface area contributed by atoms with Crippen molar-refractivity contribution < 1.29 is 4.79 Å². The second kappa shape index (κ2) is 6.69. The fourth-order valence-electron chi connectivity index (χ4n) is 2.82. The summed E-state index contributed by atoms with van der Waals surface area (Å²) >= 11 is 6.23. The summed E-state index contributed by atoms with van der Waals surface area (Å²) in [6, 6.07) is 11.6. The van der Waals surface area contributed by atoms with Crippen LogP contribution < -0.4 is 5.32 Å². The van der Waals surface area contributed by atoms with Gasteiger partial charge in [-0.2, -0.15) is 0 Å². The Balaban J connectivity index is 1.62. The van der Waals surface area contributed by atoms with Crippen LogP contribution in [0.4, 0.5) is 0 Å². The van der Waals surface area contributed by atoms with Gasteiger partial charge in [-0.1, -0.05) is 35.9 Å². The molecule has 1 aromatic carbocycles. The van der Waals surface area contributed by atoms with Crippen molar-refractivity contribution in [2.24, 2.45) is 0 Å². The van der Waals surface area contributed by atoms with Gasteiger partial charge >= 0.3 is 0 Å². The number of likely N-dealkylation sites (tertiary alicyclic amines) is 1. The second-order valence-electron chi connectivity index (χ2n) is 6.08. The van der Waals surface area contributed by atoms with Crippen molar-refractivity contribution in [2.45, 2.75) is 32.0 Å². The van der Waals surface area contributed by atoms with E-state index in [1.54, 1.807) is 12.4 Å². The Morgan fingerprint density at radius 3 is 2.83 bits per heavy atom. The molecule has 5 heteroatoms. The third-order valence-electron chi connectivity index (χ3n) is 4.55. The number of carbonyl (C=O) groups excluding carboxylic acids is 1. The third-order valence-corrected chi connectivity index (χ3v) is 4.92. The van der Waals surface area contributed by atoms with Crippen LogP contribution in [-0.2, 0) is 17.9 Å². The van der Waals surface area contributed by atoms with Gasteiger partial charge in [0.15, 0.2) is 0 Å². The molecule has 2 heterocycles.